The van der Waals surface area contributed by atoms with E-state index < -0.39 is 6.16 Å². The number of unbranched alkanes of at least 4 members (excludes halogenated alkanes) is 1. The molecule has 0 heterocycles. The molecule has 0 aromatic rings. The number of rotatable bonds is 5. The molecule has 0 aliphatic rings. The van der Waals surface area contributed by atoms with Crippen LogP contribution in [0.5, 0.6) is 0 Å². The largest absolute Gasteiger partial charge is 0.508 e. The van der Waals surface area contributed by atoms with Crippen LogP contribution in [-0.4, -0.2) is 12.8 Å². The third-order valence-corrected chi connectivity index (χ3v) is 1.01. The summed E-state index contributed by atoms with van der Waals surface area (Å²) in [5.41, 5.74) is 0. The Bertz CT molecular complexity index is 102. The zero-order valence-electron chi connectivity index (χ0n) is 7.13. The minimum atomic E-state index is -0.597. The number of hydrogen-bond donors (Lipinski definition) is 0. The highest BCUT2D eigenvalue weighted by atomic mass is 16.7. The van der Waals surface area contributed by atoms with Crippen LogP contribution in [0.3, 0.4) is 0 Å². The van der Waals surface area contributed by atoms with Crippen LogP contribution in [0.25, 0.3) is 0 Å². The number of ether oxygens (including phenoxy) is 2. The van der Waals surface area contributed by atoms with Crippen LogP contribution in [0.1, 0.15) is 33.1 Å². The van der Waals surface area contributed by atoms with Crippen molar-refractivity contribution < 1.29 is 14.3 Å². The molecule has 0 atom stereocenters. The van der Waals surface area contributed by atoms with E-state index in [1.165, 1.54) is 6.61 Å². The van der Waals surface area contributed by atoms with Crippen molar-refractivity contribution in [1.82, 2.24) is 0 Å². The first-order valence-corrected chi connectivity index (χ1v) is 3.96. The molecule has 0 amide bonds. The zero-order valence-corrected chi connectivity index (χ0v) is 7.13. The van der Waals surface area contributed by atoms with Gasteiger partial charge in [0.2, 0.25) is 0 Å². The lowest BCUT2D eigenvalue weighted by molar-refractivity contribution is 0.0723. The normalized spacial score (nSPS) is 9.27. The summed E-state index contributed by atoms with van der Waals surface area (Å²) in [5, 5.41) is 0. The summed E-state index contributed by atoms with van der Waals surface area (Å²) in [5.74, 6) is 0. The van der Waals surface area contributed by atoms with Gasteiger partial charge in [-0.15, -0.1) is 0 Å². The molecule has 0 rings (SSSR count). The van der Waals surface area contributed by atoms with Crippen molar-refractivity contribution in [1.29, 1.82) is 0 Å². The summed E-state index contributed by atoms with van der Waals surface area (Å²) in [6, 6.07) is 0. The first-order valence-electron chi connectivity index (χ1n) is 3.96. The van der Waals surface area contributed by atoms with Crippen LogP contribution >= 0.6 is 0 Å². The summed E-state index contributed by atoms with van der Waals surface area (Å²) >= 11 is 0. The fraction of sp³-hybridized carbons (Fsp3) is 0.750. The summed E-state index contributed by atoms with van der Waals surface area (Å²) in [7, 11) is 0. The van der Waals surface area contributed by atoms with E-state index in [1.54, 1.807) is 0 Å². The lowest BCUT2D eigenvalue weighted by Crippen LogP contribution is -2.05. The molecule has 1 radical (unpaired) electrons. The van der Waals surface area contributed by atoms with Gasteiger partial charge >= 0.3 is 6.16 Å². The van der Waals surface area contributed by atoms with E-state index in [2.05, 4.69) is 9.47 Å². The third kappa shape index (κ3) is 7.16. The van der Waals surface area contributed by atoms with Crippen LogP contribution in [0, 0.1) is 6.61 Å². The van der Waals surface area contributed by atoms with Gasteiger partial charge in [0.05, 0.1) is 6.61 Å². The Morgan fingerprint density at radius 1 is 1.36 bits per heavy atom. The smallest absolute Gasteiger partial charge is 0.434 e. The van der Waals surface area contributed by atoms with Gasteiger partial charge in [-0.1, -0.05) is 20.3 Å². The fourth-order valence-electron chi connectivity index (χ4n) is 0.464. The molecule has 65 valence electrons. The third-order valence-electron chi connectivity index (χ3n) is 1.01. The molecule has 0 saturated heterocycles. The van der Waals surface area contributed by atoms with Gasteiger partial charge in [-0.3, -0.25) is 0 Å². The van der Waals surface area contributed by atoms with Gasteiger partial charge in [0.25, 0.3) is 0 Å². The lowest BCUT2D eigenvalue weighted by atomic mass is 10.4. The number of carbonyl (C=O) groups excluding carboxylic acids is 1. The van der Waals surface area contributed by atoms with E-state index in [1.807, 2.05) is 13.8 Å². The molecular weight excluding hydrogens is 144 g/mol. The standard InChI is InChI=1S/C8H15O3/c1-3-5-7-11-8(9)10-6-4-2/h7H,3-6H2,1-2H3. The lowest BCUT2D eigenvalue weighted by Gasteiger charge is -2.02. The number of carbonyl (C=O) groups is 1. The van der Waals surface area contributed by atoms with Crippen molar-refractivity contribution in [2.24, 2.45) is 0 Å². The van der Waals surface area contributed by atoms with E-state index in [-0.39, 0.29) is 0 Å². The molecule has 0 spiro atoms. The second-order valence-electron chi connectivity index (χ2n) is 2.17. The van der Waals surface area contributed by atoms with Crippen LogP contribution in [0.2, 0.25) is 0 Å². The average Bonchev–Trinajstić information content (AvgIpc) is 2.01. The highest BCUT2D eigenvalue weighted by Gasteiger charge is 2.00. The summed E-state index contributed by atoms with van der Waals surface area (Å²) in [6.45, 7) is 5.84. The molecule has 0 bridgehead atoms. The van der Waals surface area contributed by atoms with Crippen LogP contribution in [-0.2, 0) is 9.47 Å². The quantitative estimate of drug-likeness (QED) is 0.456. The molecular formula is C8H15O3. The first kappa shape index (κ1) is 10.3. The van der Waals surface area contributed by atoms with Crippen molar-refractivity contribution in [3.8, 4) is 0 Å². The van der Waals surface area contributed by atoms with E-state index in [0.717, 1.165) is 19.3 Å². The first-order chi connectivity index (χ1) is 5.31. The Balaban J connectivity index is 3.09. The highest BCUT2D eigenvalue weighted by molar-refractivity contribution is 5.60. The second kappa shape index (κ2) is 7.38. The Hall–Kier alpha value is -0.730. The second-order valence-corrected chi connectivity index (χ2v) is 2.17. The summed E-state index contributed by atoms with van der Waals surface area (Å²) < 4.78 is 9.24. The maximum absolute atomic E-state index is 10.6. The number of hydrogen-bond acceptors (Lipinski definition) is 3. The fourth-order valence-corrected chi connectivity index (χ4v) is 0.464. The predicted molar refractivity (Wildman–Crippen MR) is 41.9 cm³/mol. The predicted octanol–water partition coefficient (Wildman–Crippen LogP) is 2.51. The maximum atomic E-state index is 10.6. The molecule has 0 aromatic carbocycles. The summed E-state index contributed by atoms with van der Waals surface area (Å²) in [4.78, 5) is 10.6. The molecule has 3 nitrogen and oxygen atoms in total. The molecule has 0 saturated carbocycles. The van der Waals surface area contributed by atoms with Gasteiger partial charge in [-0.25, -0.2) is 4.79 Å². The van der Waals surface area contributed by atoms with Gasteiger partial charge in [0.15, 0.2) is 0 Å². The zero-order chi connectivity index (χ0) is 8.53. The molecule has 0 aliphatic carbocycles. The van der Waals surface area contributed by atoms with Gasteiger partial charge in [-0.2, -0.15) is 0 Å². The maximum Gasteiger partial charge on any atom is 0.508 e. The Morgan fingerprint density at radius 2 is 2.09 bits per heavy atom. The Morgan fingerprint density at radius 3 is 2.64 bits per heavy atom. The van der Waals surface area contributed by atoms with Crippen LogP contribution in [0.4, 0.5) is 4.79 Å². The summed E-state index contributed by atoms with van der Waals surface area (Å²) in [6.07, 6.45) is 1.98. The van der Waals surface area contributed by atoms with Crippen LogP contribution in [0.15, 0.2) is 0 Å². The van der Waals surface area contributed by atoms with E-state index >= 15 is 0 Å². The van der Waals surface area contributed by atoms with Gasteiger partial charge < -0.3 is 9.47 Å². The highest BCUT2D eigenvalue weighted by Crippen LogP contribution is 1.96. The monoisotopic (exact) mass is 159 g/mol. The minimum absolute atomic E-state index is 0.429. The van der Waals surface area contributed by atoms with Crippen molar-refractivity contribution >= 4 is 6.16 Å². The van der Waals surface area contributed by atoms with Crippen molar-refractivity contribution in [2.45, 2.75) is 33.1 Å². The molecule has 0 fully saturated rings. The van der Waals surface area contributed by atoms with Gasteiger partial charge in [0, 0.05) is 0 Å². The SMILES string of the molecule is CCC[CH]OC(=O)OCCC. The van der Waals surface area contributed by atoms with Crippen molar-refractivity contribution in [3.05, 3.63) is 6.61 Å². The van der Waals surface area contributed by atoms with Gasteiger partial charge in [-0.05, 0) is 12.8 Å². The molecule has 3 heteroatoms. The Kier molecular flexibility index (Phi) is 6.89. The van der Waals surface area contributed by atoms with Crippen molar-refractivity contribution in [3.63, 3.8) is 0 Å². The van der Waals surface area contributed by atoms with E-state index in [0.29, 0.717) is 6.61 Å². The molecule has 0 aromatic heterocycles. The minimum Gasteiger partial charge on any atom is -0.434 e. The van der Waals surface area contributed by atoms with Gasteiger partial charge in [0.1, 0.15) is 6.61 Å². The topological polar surface area (TPSA) is 35.5 Å². The Labute approximate surface area is 67.7 Å². The molecule has 0 aliphatic heterocycles. The van der Waals surface area contributed by atoms with Crippen LogP contribution < -0.4 is 0 Å². The van der Waals surface area contributed by atoms with E-state index in [9.17, 15) is 4.79 Å². The average molecular weight is 159 g/mol. The molecule has 0 unspecified atom stereocenters. The van der Waals surface area contributed by atoms with Crippen molar-refractivity contribution in [2.75, 3.05) is 6.61 Å². The molecule has 11 heavy (non-hydrogen) atoms. The van der Waals surface area contributed by atoms with E-state index in [4.69, 9.17) is 0 Å². The molecule has 0 N–H and O–H groups in total.